The lowest BCUT2D eigenvalue weighted by molar-refractivity contribution is -0.0606. The second kappa shape index (κ2) is 6.42. The Balaban J connectivity index is 1.83. The molecule has 2 aromatic rings. The zero-order valence-corrected chi connectivity index (χ0v) is 14.6. The Kier molecular flexibility index (Phi) is 4.50. The third kappa shape index (κ3) is 2.91. The molecule has 1 amide bonds. The topological polar surface area (TPSA) is 51.2 Å². The smallest absolute Gasteiger partial charge is 0.254 e. The minimum Gasteiger partial charge on any atom is -0.368 e. The van der Waals surface area contributed by atoms with Crippen molar-refractivity contribution < 1.29 is 9.53 Å². The van der Waals surface area contributed by atoms with E-state index < -0.39 is 5.60 Å². The first kappa shape index (κ1) is 16.1. The molecule has 3 rings (SSSR count). The summed E-state index contributed by atoms with van der Waals surface area (Å²) in [4.78, 5) is 13.5. The maximum Gasteiger partial charge on any atom is 0.254 e. The van der Waals surface area contributed by atoms with Crippen LogP contribution in [0.2, 0.25) is 0 Å². The molecule has 0 radical (unpaired) electrons. The number of benzene rings is 1. The van der Waals surface area contributed by atoms with Crippen molar-refractivity contribution in [2.45, 2.75) is 39.2 Å². The fourth-order valence-corrected chi connectivity index (χ4v) is 4.00. The molecule has 0 fully saturated rings. The van der Waals surface area contributed by atoms with Crippen molar-refractivity contribution >= 4 is 17.4 Å². The van der Waals surface area contributed by atoms with Gasteiger partial charge in [-0.25, -0.2) is 0 Å². The van der Waals surface area contributed by atoms with Crippen LogP contribution in [0.15, 0.2) is 24.3 Å². The van der Waals surface area contributed by atoms with Gasteiger partial charge in [0.05, 0.1) is 24.4 Å². The van der Waals surface area contributed by atoms with Crippen LogP contribution >= 0.6 is 11.5 Å². The van der Waals surface area contributed by atoms with Gasteiger partial charge in [0.25, 0.3) is 5.91 Å². The second-order valence-corrected chi connectivity index (χ2v) is 6.96. The van der Waals surface area contributed by atoms with Gasteiger partial charge in [0.1, 0.15) is 5.60 Å². The van der Waals surface area contributed by atoms with E-state index in [0.717, 1.165) is 23.4 Å². The van der Waals surface area contributed by atoms with Crippen LogP contribution in [0.4, 0.5) is 0 Å². The van der Waals surface area contributed by atoms with Gasteiger partial charge in [-0.3, -0.25) is 4.79 Å². The van der Waals surface area contributed by atoms with Gasteiger partial charge in [-0.05, 0) is 49.3 Å². The Labute approximate surface area is 141 Å². The van der Waals surface area contributed by atoms with Gasteiger partial charge in [-0.2, -0.15) is 4.37 Å². The van der Waals surface area contributed by atoms with Crippen molar-refractivity contribution in [2.24, 2.45) is 0 Å². The minimum absolute atomic E-state index is 0.0618. The molecule has 0 saturated carbocycles. The van der Waals surface area contributed by atoms with Crippen LogP contribution in [0.5, 0.6) is 0 Å². The molecule has 2 heterocycles. The highest BCUT2D eigenvalue weighted by Crippen LogP contribution is 2.35. The molecular weight excluding hydrogens is 308 g/mol. The first-order valence-corrected chi connectivity index (χ1v) is 8.78. The number of hydrogen-bond donors (Lipinski definition) is 1. The Morgan fingerprint density at radius 3 is 2.87 bits per heavy atom. The van der Waals surface area contributed by atoms with Gasteiger partial charge >= 0.3 is 0 Å². The number of nitrogens with one attached hydrogen (secondary N) is 1. The Hall–Kier alpha value is -1.72. The van der Waals surface area contributed by atoms with E-state index in [2.05, 4.69) is 34.8 Å². The number of aryl methyl sites for hydroxylation is 2. The number of carbonyl (C=O) groups is 1. The lowest BCUT2D eigenvalue weighted by Crippen LogP contribution is -2.45. The maximum atomic E-state index is 12.6. The van der Waals surface area contributed by atoms with Crippen molar-refractivity contribution in [3.8, 4) is 0 Å². The molecule has 122 valence electrons. The molecule has 1 N–H and O–H groups in total. The van der Waals surface area contributed by atoms with Crippen LogP contribution in [0.1, 0.15) is 45.4 Å². The molecule has 5 heteroatoms. The van der Waals surface area contributed by atoms with Gasteiger partial charge in [0.15, 0.2) is 0 Å². The van der Waals surface area contributed by atoms with Crippen molar-refractivity contribution in [2.75, 3.05) is 13.2 Å². The number of rotatable bonds is 4. The van der Waals surface area contributed by atoms with Crippen molar-refractivity contribution in [3.63, 3.8) is 0 Å². The monoisotopic (exact) mass is 330 g/mol. The van der Waals surface area contributed by atoms with E-state index in [1.54, 1.807) is 0 Å². The molecule has 1 aromatic heterocycles. The second-order valence-electron chi connectivity index (χ2n) is 5.99. The number of aromatic nitrogens is 1. The summed E-state index contributed by atoms with van der Waals surface area (Å²) in [5.74, 6) is -0.0618. The zero-order valence-electron chi connectivity index (χ0n) is 13.8. The predicted molar refractivity (Wildman–Crippen MR) is 92.0 cm³/mol. The summed E-state index contributed by atoms with van der Waals surface area (Å²) in [6.07, 6.45) is 1.75. The average molecular weight is 330 g/mol. The lowest BCUT2D eigenvalue weighted by Gasteiger charge is -2.38. The highest BCUT2D eigenvalue weighted by Gasteiger charge is 2.36. The van der Waals surface area contributed by atoms with Crippen LogP contribution in [-0.2, 0) is 16.8 Å². The molecule has 0 unspecified atom stereocenters. The molecule has 4 nitrogen and oxygen atoms in total. The van der Waals surface area contributed by atoms with E-state index in [4.69, 9.17) is 4.74 Å². The first-order chi connectivity index (χ1) is 11.1. The molecule has 1 aliphatic heterocycles. The Morgan fingerprint density at radius 1 is 1.39 bits per heavy atom. The SMILES string of the molecule is CC[C@@]1(CNC(=O)c2c(C)nsc2C)OCCc2ccccc21. The average Bonchev–Trinajstić information content (AvgIpc) is 2.91. The predicted octanol–water partition coefficient (Wildman–Crippen LogP) is 3.37. The van der Waals surface area contributed by atoms with Gasteiger partial charge in [-0.1, -0.05) is 31.2 Å². The van der Waals surface area contributed by atoms with E-state index in [9.17, 15) is 4.79 Å². The molecule has 0 saturated heterocycles. The standard InChI is InChI=1S/C18H22N2O2S/c1-4-18(15-8-6-5-7-14(15)9-10-22-18)11-19-17(21)16-12(2)20-23-13(16)3/h5-8H,4,9-11H2,1-3H3,(H,19,21)/t18-/m0/s1. The number of amides is 1. The van der Waals surface area contributed by atoms with E-state index in [1.807, 2.05) is 19.9 Å². The van der Waals surface area contributed by atoms with Gasteiger partial charge in [0, 0.05) is 4.88 Å². The summed E-state index contributed by atoms with van der Waals surface area (Å²) in [5, 5.41) is 3.07. The highest BCUT2D eigenvalue weighted by molar-refractivity contribution is 7.06. The quantitative estimate of drug-likeness (QED) is 0.935. The summed E-state index contributed by atoms with van der Waals surface area (Å²) in [6, 6.07) is 8.37. The van der Waals surface area contributed by atoms with Crippen LogP contribution in [0.3, 0.4) is 0 Å². The van der Waals surface area contributed by atoms with Crippen molar-refractivity contribution in [1.82, 2.24) is 9.69 Å². The van der Waals surface area contributed by atoms with E-state index in [-0.39, 0.29) is 5.91 Å². The Bertz CT molecular complexity index is 706. The molecule has 0 bridgehead atoms. The van der Waals surface area contributed by atoms with Crippen LogP contribution in [0.25, 0.3) is 0 Å². The van der Waals surface area contributed by atoms with Crippen molar-refractivity contribution in [1.29, 1.82) is 0 Å². The van der Waals surface area contributed by atoms with Crippen molar-refractivity contribution in [3.05, 3.63) is 51.5 Å². The summed E-state index contributed by atoms with van der Waals surface area (Å²) in [7, 11) is 0. The van der Waals surface area contributed by atoms with Gasteiger partial charge in [0.2, 0.25) is 0 Å². The summed E-state index contributed by atoms with van der Waals surface area (Å²) >= 11 is 1.37. The molecular formula is C18H22N2O2S. The number of hydrogen-bond acceptors (Lipinski definition) is 4. The first-order valence-electron chi connectivity index (χ1n) is 8.01. The van der Waals surface area contributed by atoms with Crippen LogP contribution in [-0.4, -0.2) is 23.4 Å². The highest BCUT2D eigenvalue weighted by atomic mass is 32.1. The minimum atomic E-state index is -0.435. The molecule has 0 spiro atoms. The van der Waals surface area contributed by atoms with Crippen LogP contribution in [0, 0.1) is 13.8 Å². The fraction of sp³-hybridized carbons (Fsp3) is 0.444. The molecule has 1 aliphatic rings. The van der Waals surface area contributed by atoms with E-state index in [1.165, 1.54) is 22.7 Å². The third-order valence-corrected chi connectivity index (χ3v) is 5.47. The molecule has 1 atom stereocenters. The normalized spacial score (nSPS) is 20.1. The largest absolute Gasteiger partial charge is 0.368 e. The number of carbonyl (C=O) groups excluding carboxylic acids is 1. The molecule has 0 aliphatic carbocycles. The number of fused-ring (bicyclic) bond motifs is 1. The lowest BCUT2D eigenvalue weighted by atomic mass is 9.84. The summed E-state index contributed by atoms with van der Waals surface area (Å²) in [5.41, 5.74) is 3.58. The maximum absolute atomic E-state index is 12.6. The zero-order chi connectivity index (χ0) is 16.4. The van der Waals surface area contributed by atoms with Crippen LogP contribution < -0.4 is 5.32 Å². The molecule has 1 aromatic carbocycles. The summed E-state index contributed by atoms with van der Waals surface area (Å²) < 4.78 is 10.4. The molecule has 23 heavy (non-hydrogen) atoms. The third-order valence-electron chi connectivity index (χ3n) is 4.62. The van der Waals surface area contributed by atoms with Gasteiger partial charge < -0.3 is 10.1 Å². The number of ether oxygens (including phenoxy) is 1. The van der Waals surface area contributed by atoms with E-state index in [0.29, 0.717) is 18.7 Å². The number of nitrogens with zero attached hydrogens (tertiary/aromatic N) is 1. The van der Waals surface area contributed by atoms with Gasteiger partial charge in [-0.15, -0.1) is 0 Å². The fourth-order valence-electron chi connectivity index (χ4n) is 3.30. The Morgan fingerprint density at radius 2 is 2.17 bits per heavy atom. The van der Waals surface area contributed by atoms with E-state index >= 15 is 0 Å². The summed E-state index contributed by atoms with van der Waals surface area (Å²) in [6.45, 7) is 7.09.